The van der Waals surface area contributed by atoms with Crippen molar-refractivity contribution in [3.8, 4) is 5.75 Å². The van der Waals surface area contributed by atoms with E-state index in [2.05, 4.69) is 11.4 Å². The minimum atomic E-state index is -0.609. The molecular weight excluding hydrogens is 294 g/mol. The molecule has 2 aromatic carbocycles. The van der Waals surface area contributed by atoms with Crippen molar-refractivity contribution in [2.75, 3.05) is 18.1 Å². The van der Waals surface area contributed by atoms with Crippen LogP contribution in [0.3, 0.4) is 0 Å². The normalized spacial score (nSPS) is 16.7. The fraction of sp³-hybridized carbons (Fsp3) is 0.235. The van der Waals surface area contributed by atoms with Crippen molar-refractivity contribution >= 4 is 11.7 Å². The lowest BCUT2D eigenvalue weighted by Crippen LogP contribution is -2.55. The molecule has 2 amide bonds. The summed E-state index contributed by atoms with van der Waals surface area (Å²) in [5.74, 6) is 0.798. The van der Waals surface area contributed by atoms with Crippen LogP contribution >= 0.6 is 0 Å². The van der Waals surface area contributed by atoms with Crippen molar-refractivity contribution in [2.45, 2.75) is 13.0 Å². The molecule has 1 aliphatic heterocycles. The van der Waals surface area contributed by atoms with Gasteiger partial charge in [0.25, 0.3) is 0 Å². The van der Waals surface area contributed by atoms with Crippen LogP contribution in [0.5, 0.6) is 5.75 Å². The number of benzene rings is 2. The van der Waals surface area contributed by atoms with E-state index in [1.54, 1.807) is 18.2 Å². The Kier molecular flexibility index (Phi) is 4.75. The topological polar surface area (TPSA) is 76.8 Å². The fourth-order valence-electron chi connectivity index (χ4n) is 2.43. The molecule has 6 heteroatoms. The van der Waals surface area contributed by atoms with Gasteiger partial charge in [0.05, 0.1) is 12.3 Å². The van der Waals surface area contributed by atoms with Crippen LogP contribution in [0.4, 0.5) is 10.5 Å². The molecule has 1 unspecified atom stereocenters. The highest BCUT2D eigenvalue weighted by Crippen LogP contribution is 2.27. The number of anilines is 1. The lowest BCUT2D eigenvalue weighted by atomic mass is 10.1. The Bertz CT molecular complexity index is 663. The zero-order valence-electron chi connectivity index (χ0n) is 12.6. The van der Waals surface area contributed by atoms with E-state index in [1.807, 2.05) is 30.3 Å². The second-order valence-corrected chi connectivity index (χ2v) is 5.04. The standard InChI is InChI=1S/C17H18N3O3/c18-16(21)20-15-9-5-4-6-13(15)12-23-17(20)19-10-11-22-14-7-2-1-3-8-14/h1-3,5-9,17,19H,10-12H2,(H2,18,21). The third-order valence-corrected chi connectivity index (χ3v) is 3.49. The molecule has 1 radical (unpaired) electrons. The Balaban J connectivity index is 1.58. The highest BCUT2D eigenvalue weighted by atomic mass is 16.5. The van der Waals surface area contributed by atoms with Crippen LogP contribution in [0.1, 0.15) is 5.56 Å². The van der Waals surface area contributed by atoms with Crippen molar-refractivity contribution in [1.29, 1.82) is 0 Å². The third-order valence-electron chi connectivity index (χ3n) is 3.49. The first kappa shape index (κ1) is 15.3. The van der Waals surface area contributed by atoms with Crippen molar-refractivity contribution < 1.29 is 14.3 Å². The quantitative estimate of drug-likeness (QED) is 0.826. The summed E-state index contributed by atoms with van der Waals surface area (Å²) in [6, 6.07) is 17.3. The summed E-state index contributed by atoms with van der Waals surface area (Å²) in [7, 11) is 0. The Hall–Kier alpha value is -2.57. The van der Waals surface area contributed by atoms with E-state index in [0.29, 0.717) is 19.8 Å². The number of nitrogens with zero attached hydrogens (tertiary/aromatic N) is 1. The zero-order valence-corrected chi connectivity index (χ0v) is 12.6. The smallest absolute Gasteiger partial charge is 0.322 e. The first-order chi connectivity index (χ1) is 11.3. The second-order valence-electron chi connectivity index (χ2n) is 5.04. The summed E-state index contributed by atoms with van der Waals surface area (Å²) >= 11 is 0. The molecule has 0 spiro atoms. The summed E-state index contributed by atoms with van der Waals surface area (Å²) in [4.78, 5) is 13.2. The molecule has 0 fully saturated rings. The van der Waals surface area contributed by atoms with Crippen LogP contribution in [0.2, 0.25) is 0 Å². The second kappa shape index (κ2) is 7.13. The molecule has 0 saturated carbocycles. The van der Waals surface area contributed by atoms with E-state index in [0.717, 1.165) is 17.0 Å². The van der Waals surface area contributed by atoms with E-state index in [4.69, 9.17) is 15.2 Å². The largest absolute Gasteiger partial charge is 0.492 e. The minimum Gasteiger partial charge on any atom is -0.492 e. The average Bonchev–Trinajstić information content (AvgIpc) is 2.59. The van der Waals surface area contributed by atoms with Crippen LogP contribution in [0.15, 0.2) is 48.5 Å². The minimum absolute atomic E-state index is 0.396. The van der Waals surface area contributed by atoms with Crippen molar-refractivity contribution in [1.82, 2.24) is 5.32 Å². The summed E-state index contributed by atoms with van der Waals surface area (Å²) in [6.07, 6.45) is -0.609. The van der Waals surface area contributed by atoms with Gasteiger partial charge >= 0.3 is 6.03 Å². The molecule has 1 atom stereocenters. The van der Waals surface area contributed by atoms with Gasteiger partial charge in [0.2, 0.25) is 0 Å². The van der Waals surface area contributed by atoms with Crippen molar-refractivity contribution in [3.63, 3.8) is 0 Å². The van der Waals surface area contributed by atoms with Crippen LogP contribution in [-0.4, -0.2) is 25.5 Å². The molecule has 3 N–H and O–H groups in total. The monoisotopic (exact) mass is 312 g/mol. The van der Waals surface area contributed by atoms with Gasteiger partial charge in [0.1, 0.15) is 12.4 Å². The summed E-state index contributed by atoms with van der Waals surface area (Å²) < 4.78 is 11.3. The molecule has 3 rings (SSSR count). The average molecular weight is 312 g/mol. The fourth-order valence-corrected chi connectivity index (χ4v) is 2.43. The Morgan fingerprint density at radius 3 is 3.00 bits per heavy atom. The number of nitrogens with one attached hydrogen (secondary N) is 1. The molecule has 23 heavy (non-hydrogen) atoms. The molecule has 0 aliphatic carbocycles. The maximum absolute atomic E-state index is 11.8. The predicted octanol–water partition coefficient (Wildman–Crippen LogP) is 1.85. The number of urea groups is 1. The SMILES string of the molecule is NC(=O)N1c2cc[c]cc2COC1NCCOc1ccccc1. The molecule has 1 heterocycles. The van der Waals surface area contributed by atoms with Gasteiger partial charge in [-0.05, 0) is 30.3 Å². The number of fused-ring (bicyclic) bond motifs is 1. The number of carbonyl (C=O) groups excluding carboxylic acids is 1. The van der Waals surface area contributed by atoms with Gasteiger partial charge in [0.15, 0.2) is 6.35 Å². The number of amides is 2. The van der Waals surface area contributed by atoms with Gasteiger partial charge in [-0.3, -0.25) is 10.2 Å². The first-order valence-electron chi connectivity index (χ1n) is 7.36. The molecule has 1 aliphatic rings. The number of primary amides is 1. The Morgan fingerprint density at radius 2 is 2.22 bits per heavy atom. The van der Waals surface area contributed by atoms with Gasteiger partial charge in [0, 0.05) is 12.1 Å². The van der Waals surface area contributed by atoms with Gasteiger partial charge < -0.3 is 15.2 Å². The summed E-state index contributed by atoms with van der Waals surface area (Å²) in [5.41, 5.74) is 7.11. The number of carbonyl (C=O) groups is 1. The third kappa shape index (κ3) is 3.61. The van der Waals surface area contributed by atoms with Gasteiger partial charge in [-0.15, -0.1) is 0 Å². The number of ether oxygens (including phenoxy) is 2. The summed E-state index contributed by atoms with van der Waals surface area (Å²) in [5, 5.41) is 3.13. The van der Waals surface area contributed by atoms with Crippen molar-refractivity contribution in [3.05, 3.63) is 60.2 Å². The Labute approximate surface area is 134 Å². The van der Waals surface area contributed by atoms with Crippen LogP contribution < -0.4 is 20.7 Å². The maximum Gasteiger partial charge on any atom is 0.322 e. The van der Waals surface area contributed by atoms with E-state index in [9.17, 15) is 4.79 Å². The molecule has 119 valence electrons. The van der Waals surface area contributed by atoms with E-state index in [-0.39, 0.29) is 0 Å². The molecule has 0 aromatic heterocycles. The van der Waals surface area contributed by atoms with E-state index < -0.39 is 12.4 Å². The number of para-hydroxylation sites is 1. The lowest BCUT2D eigenvalue weighted by Gasteiger charge is -2.36. The van der Waals surface area contributed by atoms with Crippen LogP contribution in [0.25, 0.3) is 0 Å². The highest BCUT2D eigenvalue weighted by Gasteiger charge is 2.29. The number of rotatable bonds is 5. The summed E-state index contributed by atoms with van der Waals surface area (Å²) in [6.45, 7) is 1.36. The molecule has 2 aromatic rings. The number of hydrogen-bond acceptors (Lipinski definition) is 4. The van der Waals surface area contributed by atoms with E-state index >= 15 is 0 Å². The predicted molar refractivity (Wildman–Crippen MR) is 85.9 cm³/mol. The van der Waals surface area contributed by atoms with Gasteiger partial charge in [-0.25, -0.2) is 4.79 Å². The number of nitrogens with two attached hydrogens (primary N) is 1. The molecular formula is C17H18N3O3. The van der Waals surface area contributed by atoms with Crippen LogP contribution in [-0.2, 0) is 11.3 Å². The Morgan fingerprint density at radius 1 is 1.39 bits per heavy atom. The van der Waals surface area contributed by atoms with E-state index in [1.165, 1.54) is 4.90 Å². The highest BCUT2D eigenvalue weighted by molar-refractivity contribution is 5.92. The van der Waals surface area contributed by atoms with Gasteiger partial charge in [-0.1, -0.05) is 24.3 Å². The van der Waals surface area contributed by atoms with Crippen LogP contribution in [0, 0.1) is 6.07 Å². The first-order valence-corrected chi connectivity index (χ1v) is 7.36. The molecule has 6 nitrogen and oxygen atoms in total. The van der Waals surface area contributed by atoms with Gasteiger partial charge in [-0.2, -0.15) is 0 Å². The lowest BCUT2D eigenvalue weighted by molar-refractivity contribution is 0.0101. The zero-order chi connectivity index (χ0) is 16.1. The maximum atomic E-state index is 11.8. The molecule has 0 bridgehead atoms. The molecule has 0 saturated heterocycles. The van der Waals surface area contributed by atoms with Crippen molar-refractivity contribution in [2.24, 2.45) is 5.73 Å². The number of hydrogen-bond donors (Lipinski definition) is 2.